The minimum Gasteiger partial charge on any atom is -0.338 e. The monoisotopic (exact) mass is 266 g/mol. The predicted molar refractivity (Wildman–Crippen MR) is 74.7 cm³/mol. The van der Waals surface area contributed by atoms with Crippen LogP contribution in [0, 0.1) is 0 Å². The van der Waals surface area contributed by atoms with E-state index < -0.39 is 0 Å². The Balaban J connectivity index is 1.90. The Kier molecular flexibility index (Phi) is 5.23. The van der Waals surface area contributed by atoms with Crippen molar-refractivity contribution >= 4 is 11.8 Å². The minimum absolute atomic E-state index is 0.140. The zero-order valence-corrected chi connectivity index (χ0v) is 12.1. The number of likely N-dealkylation sites (tertiary alicyclic amines) is 2. The molecule has 2 aliphatic heterocycles. The number of piperidine rings is 1. The standard InChI is InChI=1S/C15H26N2O2/c1-13-8-5-7-11-17(13)15(19)12-16-10-6-3-2-4-9-14(16)18/h13H,2-12H2,1H3/t13-/m1/s1. The highest BCUT2D eigenvalue weighted by atomic mass is 16.2. The van der Waals surface area contributed by atoms with Gasteiger partial charge in [0, 0.05) is 25.6 Å². The molecule has 4 heteroatoms. The molecule has 0 aliphatic carbocycles. The van der Waals surface area contributed by atoms with E-state index >= 15 is 0 Å². The molecule has 0 saturated carbocycles. The summed E-state index contributed by atoms with van der Waals surface area (Å²) in [7, 11) is 0. The number of hydrogen-bond acceptors (Lipinski definition) is 2. The molecule has 1 atom stereocenters. The maximum atomic E-state index is 12.4. The SMILES string of the molecule is C[C@@H]1CCCCN1C(=O)CN1CCCCCCC1=O. The highest BCUT2D eigenvalue weighted by Crippen LogP contribution is 2.17. The van der Waals surface area contributed by atoms with Crippen molar-refractivity contribution in [3.8, 4) is 0 Å². The van der Waals surface area contributed by atoms with Gasteiger partial charge >= 0.3 is 0 Å². The molecule has 2 heterocycles. The van der Waals surface area contributed by atoms with E-state index in [4.69, 9.17) is 0 Å². The van der Waals surface area contributed by atoms with E-state index in [9.17, 15) is 9.59 Å². The molecule has 108 valence electrons. The fraction of sp³-hybridized carbons (Fsp3) is 0.867. The molecule has 0 aromatic heterocycles. The average Bonchev–Trinajstić information content (AvgIpc) is 2.39. The Bertz CT molecular complexity index is 330. The largest absolute Gasteiger partial charge is 0.338 e. The predicted octanol–water partition coefficient (Wildman–Crippen LogP) is 2.18. The topological polar surface area (TPSA) is 40.6 Å². The molecular formula is C15H26N2O2. The lowest BCUT2D eigenvalue weighted by molar-refractivity contribution is -0.142. The fourth-order valence-corrected chi connectivity index (χ4v) is 3.11. The molecule has 0 aromatic carbocycles. The number of carbonyl (C=O) groups is 2. The van der Waals surface area contributed by atoms with Crippen molar-refractivity contribution in [1.82, 2.24) is 9.80 Å². The van der Waals surface area contributed by atoms with E-state index in [-0.39, 0.29) is 11.8 Å². The lowest BCUT2D eigenvalue weighted by Gasteiger charge is -2.35. The van der Waals surface area contributed by atoms with Gasteiger partial charge < -0.3 is 9.80 Å². The van der Waals surface area contributed by atoms with Crippen LogP contribution in [-0.2, 0) is 9.59 Å². The molecule has 0 N–H and O–H groups in total. The Morgan fingerprint density at radius 2 is 1.84 bits per heavy atom. The normalized spacial score (nSPS) is 25.9. The van der Waals surface area contributed by atoms with Gasteiger partial charge in [0.2, 0.25) is 11.8 Å². The minimum atomic E-state index is 0.140. The number of nitrogens with zero attached hydrogens (tertiary/aromatic N) is 2. The van der Waals surface area contributed by atoms with Gasteiger partial charge in [0.25, 0.3) is 0 Å². The van der Waals surface area contributed by atoms with Crippen LogP contribution in [0.2, 0.25) is 0 Å². The molecule has 2 amide bonds. The van der Waals surface area contributed by atoms with Crippen LogP contribution in [0.3, 0.4) is 0 Å². The van der Waals surface area contributed by atoms with Gasteiger partial charge in [0.15, 0.2) is 0 Å². The first-order valence-electron chi connectivity index (χ1n) is 7.76. The molecule has 2 saturated heterocycles. The quantitative estimate of drug-likeness (QED) is 0.768. The molecule has 4 nitrogen and oxygen atoms in total. The second kappa shape index (κ2) is 6.92. The number of rotatable bonds is 2. The highest BCUT2D eigenvalue weighted by Gasteiger charge is 2.26. The van der Waals surface area contributed by atoms with Crippen LogP contribution in [0.25, 0.3) is 0 Å². The van der Waals surface area contributed by atoms with Crippen molar-refractivity contribution in [2.75, 3.05) is 19.6 Å². The van der Waals surface area contributed by atoms with Crippen molar-refractivity contribution in [2.45, 2.75) is 64.3 Å². The van der Waals surface area contributed by atoms with Crippen molar-refractivity contribution in [2.24, 2.45) is 0 Å². The van der Waals surface area contributed by atoms with Crippen molar-refractivity contribution in [3.63, 3.8) is 0 Å². The van der Waals surface area contributed by atoms with E-state index in [1.807, 2.05) is 4.90 Å². The first-order valence-corrected chi connectivity index (χ1v) is 7.76. The lowest BCUT2D eigenvalue weighted by atomic mass is 10.0. The Morgan fingerprint density at radius 1 is 1.11 bits per heavy atom. The van der Waals surface area contributed by atoms with E-state index in [1.165, 1.54) is 12.8 Å². The summed E-state index contributed by atoms with van der Waals surface area (Å²) in [6.07, 6.45) is 8.37. The molecular weight excluding hydrogens is 240 g/mol. The van der Waals surface area contributed by atoms with Gasteiger partial charge in [-0.15, -0.1) is 0 Å². The maximum Gasteiger partial charge on any atom is 0.242 e. The number of carbonyl (C=O) groups excluding carboxylic acids is 2. The molecule has 0 unspecified atom stereocenters. The summed E-state index contributed by atoms with van der Waals surface area (Å²) in [5, 5.41) is 0. The van der Waals surface area contributed by atoms with Gasteiger partial charge in [-0.25, -0.2) is 0 Å². The van der Waals surface area contributed by atoms with Gasteiger partial charge in [-0.3, -0.25) is 9.59 Å². The summed E-state index contributed by atoms with van der Waals surface area (Å²) >= 11 is 0. The fourth-order valence-electron chi connectivity index (χ4n) is 3.11. The first-order chi connectivity index (χ1) is 9.18. The van der Waals surface area contributed by atoms with E-state index in [2.05, 4.69) is 6.92 Å². The smallest absolute Gasteiger partial charge is 0.242 e. The second-order valence-electron chi connectivity index (χ2n) is 5.91. The van der Waals surface area contributed by atoms with Crippen LogP contribution in [0.5, 0.6) is 0 Å². The van der Waals surface area contributed by atoms with Crippen molar-refractivity contribution < 1.29 is 9.59 Å². The Labute approximate surface area is 116 Å². The van der Waals surface area contributed by atoms with E-state index in [0.717, 1.165) is 45.2 Å². The second-order valence-corrected chi connectivity index (χ2v) is 5.91. The third kappa shape index (κ3) is 3.95. The third-order valence-electron chi connectivity index (χ3n) is 4.37. The third-order valence-corrected chi connectivity index (χ3v) is 4.37. The van der Waals surface area contributed by atoms with Crippen LogP contribution in [0.15, 0.2) is 0 Å². The zero-order chi connectivity index (χ0) is 13.7. The molecule has 19 heavy (non-hydrogen) atoms. The van der Waals surface area contributed by atoms with Crippen LogP contribution >= 0.6 is 0 Å². The Hall–Kier alpha value is -1.06. The van der Waals surface area contributed by atoms with Crippen LogP contribution in [-0.4, -0.2) is 47.3 Å². The molecule has 2 fully saturated rings. The number of hydrogen-bond donors (Lipinski definition) is 0. The molecule has 0 spiro atoms. The van der Waals surface area contributed by atoms with Crippen LogP contribution in [0.1, 0.15) is 58.3 Å². The van der Waals surface area contributed by atoms with Crippen LogP contribution < -0.4 is 0 Å². The molecule has 0 bridgehead atoms. The summed E-state index contributed by atoms with van der Waals surface area (Å²) in [5.74, 6) is 0.304. The average molecular weight is 266 g/mol. The number of amides is 2. The van der Waals surface area contributed by atoms with Gasteiger partial charge in [0.1, 0.15) is 0 Å². The van der Waals surface area contributed by atoms with E-state index in [1.54, 1.807) is 4.90 Å². The summed E-state index contributed by atoms with van der Waals surface area (Å²) in [6.45, 7) is 4.03. The Morgan fingerprint density at radius 3 is 2.63 bits per heavy atom. The summed E-state index contributed by atoms with van der Waals surface area (Å²) in [5.41, 5.74) is 0. The van der Waals surface area contributed by atoms with Gasteiger partial charge in [0.05, 0.1) is 6.54 Å². The van der Waals surface area contributed by atoms with Crippen LogP contribution in [0.4, 0.5) is 0 Å². The van der Waals surface area contributed by atoms with Gasteiger partial charge in [-0.1, -0.05) is 12.8 Å². The van der Waals surface area contributed by atoms with Crippen molar-refractivity contribution in [1.29, 1.82) is 0 Å². The maximum absolute atomic E-state index is 12.4. The van der Waals surface area contributed by atoms with Crippen molar-refractivity contribution in [3.05, 3.63) is 0 Å². The highest BCUT2D eigenvalue weighted by molar-refractivity contribution is 5.85. The molecule has 2 aliphatic rings. The lowest BCUT2D eigenvalue weighted by Crippen LogP contribution is -2.48. The summed E-state index contributed by atoms with van der Waals surface area (Å²) in [4.78, 5) is 28.1. The van der Waals surface area contributed by atoms with E-state index in [0.29, 0.717) is 19.0 Å². The molecule has 2 rings (SSSR count). The molecule has 0 aromatic rings. The van der Waals surface area contributed by atoms with Gasteiger partial charge in [-0.05, 0) is 39.0 Å². The summed E-state index contributed by atoms with van der Waals surface area (Å²) < 4.78 is 0. The first kappa shape index (κ1) is 14.4. The molecule has 0 radical (unpaired) electrons. The summed E-state index contributed by atoms with van der Waals surface area (Å²) in [6, 6.07) is 0.339. The van der Waals surface area contributed by atoms with Gasteiger partial charge in [-0.2, -0.15) is 0 Å². The zero-order valence-electron chi connectivity index (χ0n) is 12.1.